The van der Waals surface area contributed by atoms with Gasteiger partial charge in [-0.15, -0.1) is 6.42 Å². The second-order valence-corrected chi connectivity index (χ2v) is 5.73. The normalized spacial score (nSPS) is 14.2. The van der Waals surface area contributed by atoms with Crippen LogP contribution in [-0.4, -0.2) is 15.6 Å². The van der Waals surface area contributed by atoms with E-state index in [4.69, 9.17) is 6.42 Å². The van der Waals surface area contributed by atoms with Crippen LogP contribution in [0, 0.1) is 12.3 Å². The molecule has 0 bridgehead atoms. The van der Waals surface area contributed by atoms with E-state index >= 15 is 0 Å². The Morgan fingerprint density at radius 1 is 1.08 bits per heavy atom. The zero-order chi connectivity index (χ0) is 17.4. The van der Waals surface area contributed by atoms with Crippen LogP contribution in [0.3, 0.4) is 0 Å². The predicted molar refractivity (Wildman–Crippen MR) is 98.7 cm³/mol. The molecule has 2 heterocycles. The molecule has 1 amide bonds. The summed E-state index contributed by atoms with van der Waals surface area (Å²) >= 11 is 0. The number of fused-ring (bicyclic) bond motifs is 1. The molecule has 0 saturated heterocycles. The Bertz CT molecular complexity index is 1040. The number of carbonyl (C=O) groups excluding carboxylic acids is 1. The van der Waals surface area contributed by atoms with Crippen molar-refractivity contribution in [1.29, 1.82) is 0 Å². The summed E-state index contributed by atoms with van der Waals surface area (Å²) in [7, 11) is 0. The first-order valence-electron chi connectivity index (χ1n) is 7.76. The minimum absolute atomic E-state index is 0.178. The maximum absolute atomic E-state index is 12.4. The summed E-state index contributed by atoms with van der Waals surface area (Å²) in [6.07, 6.45) is 11.3. The van der Waals surface area contributed by atoms with Crippen LogP contribution in [0.4, 0.5) is 5.69 Å². The third-order valence-electron chi connectivity index (χ3n) is 4.20. The predicted octanol–water partition coefficient (Wildman–Crippen LogP) is 3.79. The highest BCUT2D eigenvalue weighted by Gasteiger charge is 2.28. The molecule has 0 aliphatic carbocycles. The number of hydrogen-bond acceptors (Lipinski definition) is 2. The van der Waals surface area contributed by atoms with Gasteiger partial charge in [0.05, 0.1) is 11.3 Å². The lowest BCUT2D eigenvalue weighted by Gasteiger charge is -2.10. The van der Waals surface area contributed by atoms with E-state index < -0.39 is 0 Å². The van der Waals surface area contributed by atoms with Gasteiger partial charge in [0.1, 0.15) is 5.75 Å². The van der Waals surface area contributed by atoms with Gasteiger partial charge in [0.2, 0.25) is 0 Å². The van der Waals surface area contributed by atoms with Crippen molar-refractivity contribution in [3.8, 4) is 29.2 Å². The fraction of sp³-hybridized carbons (Fsp3) is 0. The van der Waals surface area contributed by atoms with Gasteiger partial charge in [-0.1, -0.05) is 24.1 Å². The Balaban J connectivity index is 1.93. The summed E-state index contributed by atoms with van der Waals surface area (Å²) in [5.41, 5.74) is 4.34. The molecule has 4 rings (SSSR count). The number of benzene rings is 2. The third-order valence-corrected chi connectivity index (χ3v) is 4.20. The molecule has 25 heavy (non-hydrogen) atoms. The fourth-order valence-corrected chi connectivity index (χ4v) is 3.03. The monoisotopic (exact) mass is 326 g/mol. The maximum atomic E-state index is 12.4. The summed E-state index contributed by atoms with van der Waals surface area (Å²) in [5.74, 6) is 2.75. The number of nitrogens with zero attached hydrogens (tertiary/aromatic N) is 1. The Kier molecular flexibility index (Phi) is 3.41. The zero-order valence-electron chi connectivity index (χ0n) is 13.2. The molecular formula is C21H14N2O2. The number of anilines is 1. The molecule has 0 spiro atoms. The largest absolute Gasteiger partial charge is 0.508 e. The minimum Gasteiger partial charge on any atom is -0.508 e. The van der Waals surface area contributed by atoms with Crippen molar-refractivity contribution in [3.63, 3.8) is 0 Å². The molecule has 1 aromatic heterocycles. The molecule has 2 aromatic carbocycles. The lowest BCUT2D eigenvalue weighted by molar-refractivity contribution is -0.110. The second-order valence-electron chi connectivity index (χ2n) is 5.73. The summed E-state index contributed by atoms with van der Waals surface area (Å²) in [6, 6.07) is 14.4. The standard InChI is InChI=1S/C21H14N2O2/c1-2-16-17(14-5-7-15(24)8-6-14)9-10-19-20(16)18(21(25)22-19)13-23-11-3-4-12-23/h1,3-13,24H,(H,22,25). The first-order chi connectivity index (χ1) is 12.2. The van der Waals surface area contributed by atoms with Gasteiger partial charge in [0.25, 0.3) is 5.91 Å². The number of aromatic hydroxyl groups is 1. The van der Waals surface area contributed by atoms with Crippen molar-refractivity contribution in [2.24, 2.45) is 0 Å². The first-order valence-corrected chi connectivity index (χ1v) is 7.76. The van der Waals surface area contributed by atoms with E-state index in [1.165, 1.54) is 0 Å². The zero-order valence-corrected chi connectivity index (χ0v) is 13.2. The number of nitrogens with one attached hydrogen (secondary N) is 1. The molecule has 0 unspecified atom stereocenters. The van der Waals surface area contributed by atoms with Crippen molar-refractivity contribution in [2.75, 3.05) is 5.32 Å². The second kappa shape index (κ2) is 5.73. The lowest BCUT2D eigenvalue weighted by Crippen LogP contribution is -2.04. The molecule has 4 nitrogen and oxygen atoms in total. The van der Waals surface area contributed by atoms with Crippen molar-refractivity contribution in [3.05, 3.63) is 72.1 Å². The quantitative estimate of drug-likeness (QED) is 0.556. The molecule has 0 atom stereocenters. The molecule has 3 aromatic rings. The summed E-state index contributed by atoms with van der Waals surface area (Å²) < 4.78 is 1.82. The molecular weight excluding hydrogens is 312 g/mol. The number of aromatic nitrogens is 1. The average Bonchev–Trinajstić information content (AvgIpc) is 3.23. The number of hydrogen-bond donors (Lipinski definition) is 2. The summed E-state index contributed by atoms with van der Waals surface area (Å²) in [4.78, 5) is 12.4. The van der Waals surface area contributed by atoms with Crippen LogP contribution in [-0.2, 0) is 4.79 Å². The van der Waals surface area contributed by atoms with E-state index in [0.717, 1.165) is 16.7 Å². The number of terminal acetylenes is 1. The van der Waals surface area contributed by atoms with Gasteiger partial charge in [-0.05, 0) is 41.5 Å². The minimum atomic E-state index is -0.178. The van der Waals surface area contributed by atoms with Gasteiger partial charge < -0.3 is 15.0 Å². The van der Waals surface area contributed by atoms with E-state index in [2.05, 4.69) is 11.2 Å². The van der Waals surface area contributed by atoms with Crippen molar-refractivity contribution < 1.29 is 9.90 Å². The van der Waals surface area contributed by atoms with E-state index in [-0.39, 0.29) is 11.7 Å². The van der Waals surface area contributed by atoms with Crippen LogP contribution in [0.2, 0.25) is 0 Å². The number of rotatable bonds is 2. The highest BCUT2D eigenvalue weighted by molar-refractivity contribution is 6.35. The smallest absolute Gasteiger partial charge is 0.257 e. The van der Waals surface area contributed by atoms with Crippen LogP contribution >= 0.6 is 0 Å². The van der Waals surface area contributed by atoms with E-state index in [0.29, 0.717) is 16.8 Å². The van der Waals surface area contributed by atoms with Gasteiger partial charge in [-0.2, -0.15) is 0 Å². The van der Waals surface area contributed by atoms with Crippen molar-refractivity contribution in [2.45, 2.75) is 0 Å². The molecule has 4 heteroatoms. The van der Waals surface area contributed by atoms with Crippen LogP contribution in [0.5, 0.6) is 5.75 Å². The van der Waals surface area contributed by atoms with Gasteiger partial charge in [-0.25, -0.2) is 0 Å². The number of phenolic OH excluding ortho intramolecular Hbond substituents is 1. The van der Waals surface area contributed by atoms with Gasteiger partial charge in [0.15, 0.2) is 0 Å². The van der Waals surface area contributed by atoms with Gasteiger partial charge >= 0.3 is 0 Å². The Morgan fingerprint density at radius 2 is 1.80 bits per heavy atom. The molecule has 0 radical (unpaired) electrons. The third kappa shape index (κ3) is 2.48. The van der Waals surface area contributed by atoms with Crippen LogP contribution in [0.1, 0.15) is 11.1 Å². The summed E-state index contributed by atoms with van der Waals surface area (Å²) in [6.45, 7) is 0. The van der Waals surface area contributed by atoms with Crippen LogP contribution < -0.4 is 5.32 Å². The Hall–Kier alpha value is -3.71. The average molecular weight is 326 g/mol. The maximum Gasteiger partial charge on any atom is 0.257 e. The number of amides is 1. The molecule has 0 saturated carbocycles. The van der Waals surface area contributed by atoms with E-state index in [1.807, 2.05) is 41.2 Å². The van der Waals surface area contributed by atoms with Crippen LogP contribution in [0.15, 0.2) is 60.9 Å². The highest BCUT2D eigenvalue weighted by Crippen LogP contribution is 2.39. The van der Waals surface area contributed by atoms with Crippen LogP contribution in [0.25, 0.3) is 22.9 Å². The lowest BCUT2D eigenvalue weighted by atomic mass is 9.92. The topological polar surface area (TPSA) is 54.3 Å². The van der Waals surface area contributed by atoms with E-state index in [1.54, 1.807) is 30.5 Å². The van der Waals surface area contributed by atoms with Crippen molar-refractivity contribution in [1.82, 2.24) is 4.57 Å². The molecule has 1 aliphatic heterocycles. The van der Waals surface area contributed by atoms with Crippen molar-refractivity contribution >= 4 is 23.4 Å². The van der Waals surface area contributed by atoms with Gasteiger partial charge in [-0.3, -0.25) is 4.79 Å². The molecule has 1 aliphatic rings. The number of phenols is 1. The van der Waals surface area contributed by atoms with E-state index in [9.17, 15) is 9.90 Å². The van der Waals surface area contributed by atoms with Gasteiger partial charge in [0, 0.05) is 29.7 Å². The molecule has 2 N–H and O–H groups in total. The molecule has 0 fully saturated rings. The fourth-order valence-electron chi connectivity index (χ4n) is 3.03. The summed E-state index contributed by atoms with van der Waals surface area (Å²) in [5, 5.41) is 12.4. The highest BCUT2D eigenvalue weighted by atomic mass is 16.3. The first kappa shape index (κ1) is 14.9. The number of carbonyl (C=O) groups is 1. The Morgan fingerprint density at radius 3 is 2.48 bits per heavy atom. The molecule has 120 valence electrons. The Labute approximate surface area is 145 Å². The SMILES string of the molecule is C#Cc1c(-c2ccc(O)cc2)ccc2c1C(=Cn1cccc1)C(=O)N2.